The van der Waals surface area contributed by atoms with E-state index >= 15 is 0 Å². The Labute approximate surface area is 135 Å². The van der Waals surface area contributed by atoms with Gasteiger partial charge in [-0.1, -0.05) is 39.0 Å². The van der Waals surface area contributed by atoms with Crippen LogP contribution in [0.2, 0.25) is 0 Å². The molecule has 2 N–H and O–H groups in total. The summed E-state index contributed by atoms with van der Waals surface area (Å²) in [4.78, 5) is 24.4. The lowest BCUT2D eigenvalue weighted by Gasteiger charge is -2.19. The predicted molar refractivity (Wildman–Crippen MR) is 90.0 cm³/mol. The Kier molecular flexibility index (Phi) is 12.9. The van der Waals surface area contributed by atoms with Crippen LogP contribution in [-0.4, -0.2) is 48.6 Å². The van der Waals surface area contributed by atoms with Crippen LogP contribution >= 0.6 is 0 Å². The maximum absolute atomic E-state index is 11.6. The number of carbonyl (C=O) groups excluding carboxylic acids is 1. The molecule has 0 aromatic heterocycles. The highest BCUT2D eigenvalue weighted by Gasteiger charge is 2.18. The first-order valence-electron chi connectivity index (χ1n) is 8.65. The molecule has 0 aliphatic heterocycles. The first kappa shape index (κ1) is 20.9. The summed E-state index contributed by atoms with van der Waals surface area (Å²) >= 11 is 0. The Hall–Kier alpha value is -1.10. The first-order valence-corrected chi connectivity index (χ1v) is 8.65. The molecule has 0 aromatic rings. The zero-order chi connectivity index (χ0) is 16.8. The van der Waals surface area contributed by atoms with Crippen molar-refractivity contribution in [1.29, 1.82) is 0 Å². The number of aliphatic carboxylic acids is 1. The molecule has 0 saturated heterocycles. The van der Waals surface area contributed by atoms with E-state index in [2.05, 4.69) is 12.2 Å². The van der Waals surface area contributed by atoms with E-state index in [1.165, 1.54) is 25.7 Å². The third-order valence-electron chi connectivity index (χ3n) is 3.89. The molecule has 0 unspecified atom stereocenters. The molecular formula is C17H34N2O3. The molecule has 22 heavy (non-hydrogen) atoms. The summed E-state index contributed by atoms with van der Waals surface area (Å²) in [5.41, 5.74) is 0. The fourth-order valence-electron chi connectivity index (χ4n) is 2.45. The minimum atomic E-state index is -0.780. The lowest BCUT2D eigenvalue weighted by molar-refractivity contribution is -0.142. The molecule has 0 aromatic carbocycles. The van der Waals surface area contributed by atoms with E-state index in [-0.39, 0.29) is 5.91 Å². The van der Waals surface area contributed by atoms with Gasteiger partial charge in [0, 0.05) is 13.0 Å². The summed E-state index contributed by atoms with van der Waals surface area (Å²) in [6.07, 6.45) is 10.0. The number of hydrogen-bond acceptors (Lipinski definition) is 3. The van der Waals surface area contributed by atoms with E-state index in [0.29, 0.717) is 19.4 Å². The van der Waals surface area contributed by atoms with Crippen LogP contribution in [-0.2, 0) is 9.59 Å². The Morgan fingerprint density at radius 2 is 1.64 bits per heavy atom. The number of carboxylic acids is 1. The number of nitrogens with zero attached hydrogens (tertiary/aromatic N) is 1. The average molecular weight is 314 g/mol. The van der Waals surface area contributed by atoms with Crippen molar-refractivity contribution in [3.63, 3.8) is 0 Å². The van der Waals surface area contributed by atoms with Crippen molar-refractivity contribution in [2.45, 2.75) is 77.2 Å². The molecule has 0 saturated carbocycles. The van der Waals surface area contributed by atoms with Crippen LogP contribution in [0.1, 0.15) is 71.1 Å². The fourth-order valence-corrected chi connectivity index (χ4v) is 2.45. The van der Waals surface area contributed by atoms with E-state index in [4.69, 9.17) is 5.11 Å². The second kappa shape index (κ2) is 13.6. The number of nitrogens with one attached hydrogen (secondary N) is 1. The zero-order valence-corrected chi connectivity index (χ0v) is 14.6. The van der Waals surface area contributed by atoms with Crippen LogP contribution in [0.3, 0.4) is 0 Å². The van der Waals surface area contributed by atoms with Gasteiger partial charge in [0.25, 0.3) is 0 Å². The van der Waals surface area contributed by atoms with E-state index in [1.807, 2.05) is 0 Å². The molecule has 5 nitrogen and oxygen atoms in total. The molecule has 1 atom stereocenters. The molecule has 0 bridgehead atoms. The van der Waals surface area contributed by atoms with Crippen molar-refractivity contribution in [2.24, 2.45) is 0 Å². The molecule has 0 radical (unpaired) electrons. The Morgan fingerprint density at radius 3 is 2.23 bits per heavy atom. The van der Waals surface area contributed by atoms with Crippen molar-refractivity contribution < 1.29 is 14.7 Å². The fraction of sp³-hybridized carbons (Fsp3) is 0.882. The second-order valence-electron chi connectivity index (χ2n) is 6.18. The minimum absolute atomic E-state index is 0.123. The topological polar surface area (TPSA) is 69.6 Å². The molecule has 0 heterocycles. The van der Waals surface area contributed by atoms with Crippen molar-refractivity contribution in [1.82, 2.24) is 10.2 Å². The van der Waals surface area contributed by atoms with Gasteiger partial charge in [0.2, 0.25) is 5.91 Å². The van der Waals surface area contributed by atoms with Crippen LogP contribution in [0, 0.1) is 0 Å². The predicted octanol–water partition coefficient (Wildman–Crippen LogP) is 3.04. The lowest BCUT2D eigenvalue weighted by atomic mass is 10.1. The molecule has 0 rings (SSSR count). The van der Waals surface area contributed by atoms with E-state index < -0.39 is 12.0 Å². The normalized spacial score (nSPS) is 12.4. The van der Waals surface area contributed by atoms with Gasteiger partial charge in [-0.2, -0.15) is 0 Å². The van der Waals surface area contributed by atoms with Crippen molar-refractivity contribution in [3.05, 3.63) is 0 Å². The van der Waals surface area contributed by atoms with Gasteiger partial charge in [-0.3, -0.25) is 14.5 Å². The Morgan fingerprint density at radius 1 is 1.00 bits per heavy atom. The van der Waals surface area contributed by atoms with Gasteiger partial charge in [-0.05, 0) is 39.8 Å². The quantitative estimate of drug-likeness (QED) is 0.484. The number of carboxylic acid groups (broad SMARTS) is 1. The highest BCUT2D eigenvalue weighted by Crippen LogP contribution is 2.07. The largest absolute Gasteiger partial charge is 0.480 e. The second-order valence-corrected chi connectivity index (χ2v) is 6.18. The first-order chi connectivity index (χ1) is 10.5. The molecule has 1 amide bonds. The zero-order valence-electron chi connectivity index (χ0n) is 14.6. The lowest BCUT2D eigenvalue weighted by Crippen LogP contribution is -2.35. The summed E-state index contributed by atoms with van der Waals surface area (Å²) < 4.78 is 0. The number of rotatable bonds is 14. The third-order valence-corrected chi connectivity index (χ3v) is 3.89. The molecule has 0 fully saturated rings. The monoisotopic (exact) mass is 314 g/mol. The van der Waals surface area contributed by atoms with Gasteiger partial charge in [0.1, 0.15) is 6.04 Å². The molecule has 5 heteroatoms. The summed E-state index contributed by atoms with van der Waals surface area (Å²) in [6, 6.07) is -0.432. The molecule has 0 aliphatic rings. The number of likely N-dealkylation sites (N-methyl/N-ethyl adjacent to an activating group) is 1. The maximum atomic E-state index is 11.6. The molecule has 0 spiro atoms. The summed E-state index contributed by atoms with van der Waals surface area (Å²) in [5, 5.41) is 12.0. The molecule has 0 aliphatic carbocycles. The van der Waals surface area contributed by atoms with Gasteiger partial charge in [0.05, 0.1) is 0 Å². The standard InChI is InChI=1S/C17H34N2O3/c1-4-5-6-7-8-9-13-16(20)18-14-11-10-12-15(17(21)22)19(2)3/h15H,4-14H2,1-3H3,(H,18,20)(H,21,22)/t15-/m0/s1. The van der Waals surface area contributed by atoms with Gasteiger partial charge < -0.3 is 10.4 Å². The van der Waals surface area contributed by atoms with Crippen LogP contribution in [0.15, 0.2) is 0 Å². The van der Waals surface area contributed by atoms with Crippen molar-refractivity contribution >= 4 is 11.9 Å². The van der Waals surface area contributed by atoms with Crippen LogP contribution in [0.5, 0.6) is 0 Å². The molecule has 130 valence electrons. The van der Waals surface area contributed by atoms with Crippen molar-refractivity contribution in [2.75, 3.05) is 20.6 Å². The average Bonchev–Trinajstić information content (AvgIpc) is 2.45. The SMILES string of the molecule is CCCCCCCCC(=O)NCCCC[C@@H](C(=O)O)N(C)C. The van der Waals surface area contributed by atoms with Gasteiger partial charge in [0.15, 0.2) is 0 Å². The molecular weight excluding hydrogens is 280 g/mol. The number of unbranched alkanes of at least 4 members (excludes halogenated alkanes) is 6. The number of hydrogen-bond donors (Lipinski definition) is 2. The highest BCUT2D eigenvalue weighted by molar-refractivity contribution is 5.75. The van der Waals surface area contributed by atoms with Crippen LogP contribution in [0.4, 0.5) is 0 Å². The van der Waals surface area contributed by atoms with Crippen LogP contribution < -0.4 is 5.32 Å². The van der Waals surface area contributed by atoms with E-state index in [9.17, 15) is 9.59 Å². The van der Waals surface area contributed by atoms with Gasteiger partial charge >= 0.3 is 5.97 Å². The Bertz CT molecular complexity index is 306. The van der Waals surface area contributed by atoms with E-state index in [1.54, 1.807) is 19.0 Å². The highest BCUT2D eigenvalue weighted by atomic mass is 16.4. The Balaban J connectivity index is 3.50. The third kappa shape index (κ3) is 11.5. The van der Waals surface area contributed by atoms with Gasteiger partial charge in [-0.15, -0.1) is 0 Å². The summed E-state index contributed by atoms with van der Waals surface area (Å²) in [6.45, 7) is 2.85. The minimum Gasteiger partial charge on any atom is -0.480 e. The van der Waals surface area contributed by atoms with E-state index in [0.717, 1.165) is 25.7 Å². The van der Waals surface area contributed by atoms with Crippen molar-refractivity contribution in [3.8, 4) is 0 Å². The smallest absolute Gasteiger partial charge is 0.320 e. The van der Waals surface area contributed by atoms with Gasteiger partial charge in [-0.25, -0.2) is 0 Å². The summed E-state index contributed by atoms with van der Waals surface area (Å²) in [5.74, 6) is -0.657. The number of amides is 1. The summed E-state index contributed by atoms with van der Waals surface area (Å²) in [7, 11) is 3.56. The van der Waals surface area contributed by atoms with Crippen LogP contribution in [0.25, 0.3) is 0 Å². The maximum Gasteiger partial charge on any atom is 0.320 e. The number of carbonyl (C=O) groups is 2.